The molecule has 1 aromatic rings. The SMILES string of the molecule is COC(=O)C1=C(C)NC(N)=C([N+](=O)[O-])C1c1cccc(Cl)c1Cl. The average Bonchev–Trinajstić information content (AvgIpc) is 2.48. The number of hydrogen-bond donors (Lipinski definition) is 2. The van der Waals surface area contributed by atoms with Crippen molar-refractivity contribution in [3.8, 4) is 0 Å². The van der Waals surface area contributed by atoms with Crippen molar-refractivity contribution in [3.63, 3.8) is 0 Å². The van der Waals surface area contributed by atoms with Gasteiger partial charge in [0.1, 0.15) is 5.92 Å². The molecule has 3 N–H and O–H groups in total. The molecule has 0 saturated heterocycles. The summed E-state index contributed by atoms with van der Waals surface area (Å²) in [5.74, 6) is -1.98. The van der Waals surface area contributed by atoms with Crippen LogP contribution in [0.25, 0.3) is 0 Å². The number of allylic oxidation sites excluding steroid dienone is 2. The van der Waals surface area contributed by atoms with Gasteiger partial charge in [0, 0.05) is 5.70 Å². The van der Waals surface area contributed by atoms with Crippen molar-refractivity contribution in [3.05, 3.63) is 66.7 Å². The summed E-state index contributed by atoms with van der Waals surface area (Å²) in [5, 5.41) is 14.4. The minimum Gasteiger partial charge on any atom is -0.466 e. The molecular formula is C14H13Cl2N3O4. The molecule has 1 aliphatic heterocycles. The van der Waals surface area contributed by atoms with Crippen LogP contribution in [0.1, 0.15) is 18.4 Å². The quantitative estimate of drug-likeness (QED) is 0.488. The van der Waals surface area contributed by atoms with Crippen LogP contribution in [0, 0.1) is 10.1 Å². The summed E-state index contributed by atoms with van der Waals surface area (Å²) in [4.78, 5) is 23.0. The fraction of sp³-hybridized carbons (Fsp3) is 0.214. The Labute approximate surface area is 141 Å². The van der Waals surface area contributed by atoms with Gasteiger partial charge in [-0.15, -0.1) is 0 Å². The number of nitro groups is 1. The van der Waals surface area contributed by atoms with Crippen molar-refractivity contribution in [2.75, 3.05) is 7.11 Å². The van der Waals surface area contributed by atoms with Gasteiger partial charge in [-0.05, 0) is 18.6 Å². The highest BCUT2D eigenvalue weighted by atomic mass is 35.5. The Bertz CT molecular complexity index is 758. The van der Waals surface area contributed by atoms with Crippen LogP contribution in [0.15, 0.2) is 41.0 Å². The lowest BCUT2D eigenvalue weighted by atomic mass is 9.85. The van der Waals surface area contributed by atoms with E-state index in [4.69, 9.17) is 33.7 Å². The largest absolute Gasteiger partial charge is 0.466 e. The molecule has 0 radical (unpaired) electrons. The van der Waals surface area contributed by atoms with Crippen molar-refractivity contribution < 1.29 is 14.5 Å². The van der Waals surface area contributed by atoms with Crippen molar-refractivity contribution in [2.45, 2.75) is 12.8 Å². The maximum atomic E-state index is 12.1. The monoisotopic (exact) mass is 357 g/mol. The van der Waals surface area contributed by atoms with Gasteiger partial charge in [0.05, 0.1) is 27.7 Å². The predicted molar refractivity (Wildman–Crippen MR) is 85.3 cm³/mol. The summed E-state index contributed by atoms with van der Waals surface area (Å²) in [6.07, 6.45) is 0. The van der Waals surface area contributed by atoms with Crippen LogP contribution in [0.5, 0.6) is 0 Å². The van der Waals surface area contributed by atoms with E-state index in [1.807, 2.05) is 0 Å². The van der Waals surface area contributed by atoms with E-state index in [0.717, 1.165) is 0 Å². The normalized spacial score (nSPS) is 17.8. The third-order valence-corrected chi connectivity index (χ3v) is 4.29. The third-order valence-electron chi connectivity index (χ3n) is 3.46. The molecule has 1 atom stereocenters. The maximum Gasteiger partial charge on any atom is 0.336 e. The lowest BCUT2D eigenvalue weighted by Crippen LogP contribution is -2.35. The highest BCUT2D eigenvalue weighted by Gasteiger charge is 2.42. The van der Waals surface area contributed by atoms with Gasteiger partial charge >= 0.3 is 5.97 Å². The smallest absolute Gasteiger partial charge is 0.336 e. The minimum atomic E-state index is -1.09. The van der Waals surface area contributed by atoms with Crippen LogP contribution in [-0.2, 0) is 9.53 Å². The number of dihydropyridines is 1. The van der Waals surface area contributed by atoms with Crippen LogP contribution in [0.2, 0.25) is 10.0 Å². The molecule has 0 aromatic heterocycles. The first-order valence-electron chi connectivity index (χ1n) is 6.43. The van der Waals surface area contributed by atoms with E-state index in [2.05, 4.69) is 5.32 Å². The molecule has 0 amide bonds. The summed E-state index contributed by atoms with van der Waals surface area (Å²) in [5.41, 5.74) is 6.07. The zero-order valence-electron chi connectivity index (χ0n) is 12.2. The zero-order valence-corrected chi connectivity index (χ0v) is 13.7. The van der Waals surface area contributed by atoms with Crippen LogP contribution in [0.3, 0.4) is 0 Å². The number of hydrogen-bond acceptors (Lipinski definition) is 6. The first kappa shape index (κ1) is 17.1. The molecule has 1 aliphatic rings. The highest BCUT2D eigenvalue weighted by molar-refractivity contribution is 6.42. The second kappa shape index (κ2) is 6.47. The van der Waals surface area contributed by atoms with Gasteiger partial charge in [-0.3, -0.25) is 10.1 Å². The first-order chi connectivity index (χ1) is 10.8. The third kappa shape index (κ3) is 2.97. The van der Waals surface area contributed by atoms with Gasteiger partial charge < -0.3 is 15.8 Å². The van der Waals surface area contributed by atoms with Gasteiger partial charge in [-0.2, -0.15) is 0 Å². The van der Waals surface area contributed by atoms with Crippen LogP contribution in [-0.4, -0.2) is 18.0 Å². The van der Waals surface area contributed by atoms with Crippen molar-refractivity contribution in [1.29, 1.82) is 0 Å². The number of carbonyl (C=O) groups excluding carboxylic acids is 1. The number of methoxy groups -OCH3 is 1. The zero-order chi connectivity index (χ0) is 17.3. The number of benzene rings is 1. The summed E-state index contributed by atoms with van der Waals surface area (Å²) in [7, 11) is 1.19. The van der Waals surface area contributed by atoms with Crippen molar-refractivity contribution >= 4 is 29.2 Å². The Balaban J connectivity index is 2.77. The van der Waals surface area contributed by atoms with Crippen molar-refractivity contribution in [1.82, 2.24) is 5.32 Å². The van der Waals surface area contributed by atoms with E-state index in [-0.39, 0.29) is 27.1 Å². The molecule has 9 heteroatoms. The molecule has 0 saturated carbocycles. The van der Waals surface area contributed by atoms with Crippen LogP contribution >= 0.6 is 23.2 Å². The molecule has 7 nitrogen and oxygen atoms in total. The fourth-order valence-electron chi connectivity index (χ4n) is 2.47. The number of nitrogens with two attached hydrogens (primary N) is 1. The summed E-state index contributed by atoms with van der Waals surface area (Å²) in [6.45, 7) is 1.57. The van der Waals surface area contributed by atoms with Gasteiger partial charge in [0.2, 0.25) is 0 Å². The molecule has 0 fully saturated rings. The molecule has 0 aliphatic carbocycles. The van der Waals surface area contributed by atoms with Gasteiger partial charge in [0.15, 0.2) is 5.82 Å². The lowest BCUT2D eigenvalue weighted by molar-refractivity contribution is -0.431. The van der Waals surface area contributed by atoms with Gasteiger partial charge in [0.25, 0.3) is 5.70 Å². The maximum absolute atomic E-state index is 12.1. The molecule has 23 heavy (non-hydrogen) atoms. The van der Waals surface area contributed by atoms with Crippen LogP contribution in [0.4, 0.5) is 0 Å². The molecule has 0 bridgehead atoms. The number of esters is 1. The molecular weight excluding hydrogens is 345 g/mol. The van der Waals surface area contributed by atoms with Crippen molar-refractivity contribution in [2.24, 2.45) is 5.73 Å². The topological polar surface area (TPSA) is 107 Å². The fourth-order valence-corrected chi connectivity index (χ4v) is 2.89. The molecule has 1 heterocycles. The summed E-state index contributed by atoms with van der Waals surface area (Å²) >= 11 is 12.2. The second-order valence-electron chi connectivity index (χ2n) is 4.79. The second-order valence-corrected chi connectivity index (χ2v) is 5.57. The molecule has 1 aromatic carbocycles. The predicted octanol–water partition coefficient (Wildman–Crippen LogP) is 2.53. The van der Waals surface area contributed by atoms with E-state index in [9.17, 15) is 14.9 Å². The molecule has 1 unspecified atom stereocenters. The van der Waals surface area contributed by atoms with E-state index in [1.54, 1.807) is 25.1 Å². The Kier molecular flexibility index (Phi) is 4.82. The van der Waals surface area contributed by atoms with E-state index in [0.29, 0.717) is 11.3 Å². The van der Waals surface area contributed by atoms with E-state index >= 15 is 0 Å². The number of carbonyl (C=O) groups is 1. The highest BCUT2D eigenvalue weighted by Crippen LogP contribution is 2.42. The molecule has 122 valence electrons. The number of nitrogens with one attached hydrogen (secondary N) is 1. The minimum absolute atomic E-state index is 0.0533. The number of halogens is 2. The molecule has 0 spiro atoms. The number of ether oxygens (including phenoxy) is 1. The standard InChI is InChI=1S/C14H13Cl2N3O4/c1-6-9(14(20)23-2)10(12(19(21)22)13(17)18-6)7-4-3-5-8(15)11(7)16/h3-5,10,18H,17H2,1-2H3. The summed E-state index contributed by atoms with van der Waals surface area (Å²) < 4.78 is 4.75. The van der Waals surface area contributed by atoms with Gasteiger partial charge in [-0.25, -0.2) is 4.79 Å². The van der Waals surface area contributed by atoms with E-state index < -0.39 is 16.8 Å². The van der Waals surface area contributed by atoms with E-state index in [1.165, 1.54) is 7.11 Å². The first-order valence-corrected chi connectivity index (χ1v) is 7.19. The Hall–Kier alpha value is -2.25. The Morgan fingerprint density at radius 2 is 2.09 bits per heavy atom. The van der Waals surface area contributed by atoms with Gasteiger partial charge in [-0.1, -0.05) is 35.3 Å². The summed E-state index contributed by atoms with van der Waals surface area (Å²) in [6, 6.07) is 4.68. The number of nitrogens with zero attached hydrogens (tertiary/aromatic N) is 1. The average molecular weight is 358 g/mol. The lowest BCUT2D eigenvalue weighted by Gasteiger charge is -2.26. The Morgan fingerprint density at radius 1 is 1.43 bits per heavy atom. The van der Waals surface area contributed by atoms with Crippen LogP contribution < -0.4 is 11.1 Å². The Morgan fingerprint density at radius 3 is 2.65 bits per heavy atom. The number of rotatable bonds is 3. The molecule has 2 rings (SSSR count).